The summed E-state index contributed by atoms with van der Waals surface area (Å²) in [6.07, 6.45) is 3.32. The minimum absolute atomic E-state index is 0.0566. The minimum atomic E-state index is -0.419. The summed E-state index contributed by atoms with van der Waals surface area (Å²) in [5.41, 5.74) is 4.94. The molecular formula is C20H22N4O4S. The van der Waals surface area contributed by atoms with Gasteiger partial charge in [-0.2, -0.15) is 5.10 Å². The first kappa shape index (κ1) is 21.8. The molecule has 0 aromatic heterocycles. The molecule has 9 heteroatoms. The summed E-state index contributed by atoms with van der Waals surface area (Å²) >= 11 is 5.07. The molecule has 29 heavy (non-hydrogen) atoms. The first-order valence-corrected chi connectivity index (χ1v) is 9.08. The molecule has 0 amide bonds. The van der Waals surface area contributed by atoms with Crippen LogP contribution in [0.4, 0.5) is 5.69 Å². The van der Waals surface area contributed by atoms with Gasteiger partial charge in [0.15, 0.2) is 5.11 Å². The van der Waals surface area contributed by atoms with Crippen LogP contribution in [-0.2, 0) is 6.61 Å². The fraction of sp³-hybridized carbons (Fsp3) is 0.200. The number of rotatable bonds is 9. The maximum absolute atomic E-state index is 10.9. The number of hydrogen-bond acceptors (Lipinski definition) is 6. The average Bonchev–Trinajstić information content (AvgIpc) is 2.70. The van der Waals surface area contributed by atoms with Crippen molar-refractivity contribution in [3.05, 3.63) is 75.9 Å². The molecule has 0 bridgehead atoms. The molecule has 0 atom stereocenters. The molecule has 2 aromatic rings. The number of aryl methyl sites for hydroxylation is 1. The van der Waals surface area contributed by atoms with Gasteiger partial charge in [0.2, 0.25) is 0 Å². The summed E-state index contributed by atoms with van der Waals surface area (Å²) in [5, 5.41) is 18.3. The van der Waals surface area contributed by atoms with Crippen LogP contribution in [0.2, 0.25) is 0 Å². The molecule has 0 aliphatic rings. The quantitative estimate of drug-likeness (QED) is 0.213. The first-order chi connectivity index (χ1) is 13.9. The number of thiocarbonyl (C=S) groups is 1. The van der Waals surface area contributed by atoms with E-state index >= 15 is 0 Å². The van der Waals surface area contributed by atoms with Gasteiger partial charge < -0.3 is 14.8 Å². The molecule has 2 N–H and O–H groups in total. The Hall–Kier alpha value is -3.46. The van der Waals surface area contributed by atoms with Crippen molar-refractivity contribution in [1.82, 2.24) is 10.7 Å². The fourth-order valence-corrected chi connectivity index (χ4v) is 2.58. The van der Waals surface area contributed by atoms with Gasteiger partial charge in [0, 0.05) is 23.7 Å². The molecule has 0 saturated heterocycles. The second kappa shape index (κ2) is 10.8. The van der Waals surface area contributed by atoms with Crippen LogP contribution in [0.3, 0.4) is 0 Å². The van der Waals surface area contributed by atoms with Gasteiger partial charge >= 0.3 is 0 Å². The lowest BCUT2D eigenvalue weighted by Crippen LogP contribution is -2.31. The lowest BCUT2D eigenvalue weighted by molar-refractivity contribution is -0.385. The molecule has 0 fully saturated rings. The second-order valence-corrected chi connectivity index (χ2v) is 6.34. The lowest BCUT2D eigenvalue weighted by Gasteiger charge is -2.12. The van der Waals surface area contributed by atoms with Crippen molar-refractivity contribution in [3.63, 3.8) is 0 Å². The Kier molecular flexibility index (Phi) is 8.11. The van der Waals surface area contributed by atoms with Crippen molar-refractivity contribution < 1.29 is 14.4 Å². The summed E-state index contributed by atoms with van der Waals surface area (Å²) in [4.78, 5) is 10.5. The highest BCUT2D eigenvalue weighted by Gasteiger charge is 2.11. The van der Waals surface area contributed by atoms with Gasteiger partial charge in [-0.1, -0.05) is 6.08 Å². The molecule has 0 spiro atoms. The number of ether oxygens (including phenoxy) is 2. The zero-order valence-corrected chi connectivity index (χ0v) is 17.0. The van der Waals surface area contributed by atoms with Gasteiger partial charge in [0.05, 0.1) is 18.2 Å². The number of benzene rings is 2. The number of hydrogen-bond donors (Lipinski definition) is 2. The van der Waals surface area contributed by atoms with Crippen molar-refractivity contribution in [2.75, 3.05) is 13.7 Å². The van der Waals surface area contributed by atoms with Crippen molar-refractivity contribution in [2.45, 2.75) is 13.5 Å². The number of nitro groups is 1. The highest BCUT2D eigenvalue weighted by atomic mass is 32.1. The Balaban J connectivity index is 2.07. The molecule has 2 rings (SSSR count). The number of nitrogens with zero attached hydrogens (tertiary/aromatic N) is 2. The Morgan fingerprint density at radius 3 is 2.79 bits per heavy atom. The van der Waals surface area contributed by atoms with E-state index in [9.17, 15) is 10.1 Å². The largest absolute Gasteiger partial charge is 0.496 e. The van der Waals surface area contributed by atoms with Gasteiger partial charge in [-0.05, 0) is 55.0 Å². The molecule has 8 nitrogen and oxygen atoms in total. The monoisotopic (exact) mass is 414 g/mol. The van der Waals surface area contributed by atoms with E-state index in [1.54, 1.807) is 38.5 Å². The highest BCUT2D eigenvalue weighted by Crippen LogP contribution is 2.25. The zero-order valence-electron chi connectivity index (χ0n) is 16.2. The fourth-order valence-electron chi connectivity index (χ4n) is 2.45. The van der Waals surface area contributed by atoms with Crippen molar-refractivity contribution >= 4 is 29.2 Å². The van der Waals surface area contributed by atoms with Crippen LogP contribution in [-0.4, -0.2) is 29.9 Å². The highest BCUT2D eigenvalue weighted by molar-refractivity contribution is 7.80. The van der Waals surface area contributed by atoms with Crippen LogP contribution >= 0.6 is 12.2 Å². The molecule has 2 aromatic carbocycles. The van der Waals surface area contributed by atoms with Crippen molar-refractivity contribution in [2.24, 2.45) is 5.10 Å². The SMILES string of the molecule is C=CCNC(=S)NN=Cc1ccc(OC)c(COc2ccc([N+](=O)[O-])c(C)c2)c1. The van der Waals surface area contributed by atoms with E-state index in [-0.39, 0.29) is 12.3 Å². The average molecular weight is 414 g/mol. The summed E-state index contributed by atoms with van der Waals surface area (Å²) in [6, 6.07) is 10.2. The molecular weight excluding hydrogens is 392 g/mol. The zero-order chi connectivity index (χ0) is 21.2. The van der Waals surface area contributed by atoms with E-state index in [1.807, 2.05) is 18.2 Å². The molecule has 0 aliphatic heterocycles. The Morgan fingerprint density at radius 1 is 1.34 bits per heavy atom. The van der Waals surface area contributed by atoms with Crippen LogP contribution in [0, 0.1) is 17.0 Å². The van der Waals surface area contributed by atoms with E-state index in [2.05, 4.69) is 22.4 Å². The summed E-state index contributed by atoms with van der Waals surface area (Å²) < 4.78 is 11.2. The van der Waals surface area contributed by atoms with Crippen molar-refractivity contribution in [1.29, 1.82) is 0 Å². The van der Waals surface area contributed by atoms with Crippen LogP contribution in [0.1, 0.15) is 16.7 Å². The van der Waals surface area contributed by atoms with E-state index in [4.69, 9.17) is 21.7 Å². The molecule has 152 valence electrons. The van der Waals surface area contributed by atoms with Gasteiger partial charge in [-0.25, -0.2) is 0 Å². The third kappa shape index (κ3) is 6.58. The predicted octanol–water partition coefficient (Wildman–Crippen LogP) is 3.47. The topological polar surface area (TPSA) is 98.0 Å². The number of nitro benzene ring substituents is 1. The molecule has 0 saturated carbocycles. The number of hydrazone groups is 1. The summed E-state index contributed by atoms with van der Waals surface area (Å²) in [7, 11) is 1.58. The van der Waals surface area contributed by atoms with Gasteiger partial charge in [0.25, 0.3) is 5.69 Å². The molecule has 0 aliphatic carbocycles. The normalized spacial score (nSPS) is 10.4. The Bertz CT molecular complexity index is 931. The Labute approximate surface area is 174 Å². The van der Waals surface area contributed by atoms with E-state index < -0.39 is 4.92 Å². The first-order valence-electron chi connectivity index (χ1n) is 8.67. The number of nitrogens with one attached hydrogen (secondary N) is 2. The number of methoxy groups -OCH3 is 1. The van der Waals surface area contributed by atoms with Crippen molar-refractivity contribution in [3.8, 4) is 11.5 Å². The maximum atomic E-state index is 10.9. The second-order valence-electron chi connectivity index (χ2n) is 5.93. The van der Waals surface area contributed by atoms with Crippen LogP contribution < -0.4 is 20.2 Å². The maximum Gasteiger partial charge on any atom is 0.272 e. The summed E-state index contributed by atoms with van der Waals surface area (Å²) in [6.45, 7) is 6.05. The molecule has 0 radical (unpaired) electrons. The van der Waals surface area contributed by atoms with Crippen LogP contribution in [0.15, 0.2) is 54.2 Å². The predicted molar refractivity (Wildman–Crippen MR) is 117 cm³/mol. The van der Waals surface area contributed by atoms with Crippen LogP contribution in [0.5, 0.6) is 11.5 Å². The Morgan fingerprint density at radius 2 is 2.14 bits per heavy atom. The summed E-state index contributed by atoms with van der Waals surface area (Å²) in [5.74, 6) is 1.20. The van der Waals surface area contributed by atoms with Gasteiger partial charge in [-0.3, -0.25) is 15.5 Å². The third-order valence-electron chi connectivity index (χ3n) is 3.85. The standard InChI is InChI=1S/C20H22N4O4S/c1-4-9-21-20(29)23-22-12-15-5-8-19(27-3)16(11-15)13-28-17-6-7-18(24(25)26)14(2)10-17/h4-8,10-12H,1,9,13H2,2-3H3,(H2,21,23,29). The smallest absolute Gasteiger partial charge is 0.272 e. The van der Waals surface area contributed by atoms with Gasteiger partial charge in [-0.15, -0.1) is 6.58 Å². The van der Waals surface area contributed by atoms with E-state index in [0.717, 1.165) is 11.1 Å². The molecule has 0 heterocycles. The third-order valence-corrected chi connectivity index (χ3v) is 4.09. The van der Waals surface area contributed by atoms with Gasteiger partial charge in [0.1, 0.15) is 18.1 Å². The lowest BCUT2D eigenvalue weighted by atomic mass is 10.1. The van der Waals surface area contributed by atoms with E-state index in [0.29, 0.717) is 28.7 Å². The van der Waals surface area contributed by atoms with E-state index in [1.165, 1.54) is 6.07 Å². The minimum Gasteiger partial charge on any atom is -0.496 e. The van der Waals surface area contributed by atoms with Crippen LogP contribution in [0.25, 0.3) is 0 Å². The molecule has 0 unspecified atom stereocenters.